The molecule has 2 rings (SSSR count). The Hall–Kier alpha value is -1.46. The summed E-state index contributed by atoms with van der Waals surface area (Å²) >= 11 is 8.93. The second kappa shape index (κ2) is 6.81. The summed E-state index contributed by atoms with van der Waals surface area (Å²) in [6.45, 7) is 0.297. The number of nitrogens with one attached hydrogen (secondary N) is 1. The van der Waals surface area contributed by atoms with Gasteiger partial charge in [-0.3, -0.25) is 9.78 Å². The molecule has 20 heavy (non-hydrogen) atoms. The average Bonchev–Trinajstić information content (AvgIpc) is 2.41. The van der Waals surface area contributed by atoms with E-state index >= 15 is 0 Å². The summed E-state index contributed by atoms with van der Waals surface area (Å²) in [5.74, 6) is -0.681. The van der Waals surface area contributed by atoms with Gasteiger partial charge in [-0.05, 0) is 34.1 Å². The standard InChI is InChI=1S/C14H11BrClFN2O/c15-11-4-2-1-3-10(11)14(20)18-6-5-13-12(17)7-9(16)8-19-13/h1-4,7-8H,5-6H2,(H,18,20). The van der Waals surface area contributed by atoms with Crippen molar-refractivity contribution in [2.75, 3.05) is 6.54 Å². The Bertz CT molecular complexity index is 636. The summed E-state index contributed by atoms with van der Waals surface area (Å²) in [4.78, 5) is 15.8. The monoisotopic (exact) mass is 356 g/mol. The molecule has 0 bridgehead atoms. The van der Waals surface area contributed by atoms with E-state index in [-0.39, 0.29) is 16.6 Å². The number of hydrogen-bond acceptors (Lipinski definition) is 2. The van der Waals surface area contributed by atoms with Crippen molar-refractivity contribution in [2.24, 2.45) is 0 Å². The van der Waals surface area contributed by atoms with Crippen LogP contribution in [0.15, 0.2) is 41.0 Å². The van der Waals surface area contributed by atoms with Crippen molar-refractivity contribution < 1.29 is 9.18 Å². The van der Waals surface area contributed by atoms with Gasteiger partial charge in [0.05, 0.1) is 16.3 Å². The van der Waals surface area contributed by atoms with Gasteiger partial charge < -0.3 is 5.32 Å². The Balaban J connectivity index is 1.93. The van der Waals surface area contributed by atoms with Gasteiger partial charge in [0.1, 0.15) is 5.82 Å². The van der Waals surface area contributed by atoms with Crippen molar-refractivity contribution in [1.29, 1.82) is 0 Å². The van der Waals surface area contributed by atoms with Crippen molar-refractivity contribution >= 4 is 33.4 Å². The second-order valence-electron chi connectivity index (χ2n) is 4.07. The molecule has 0 spiro atoms. The minimum absolute atomic E-state index is 0.216. The third kappa shape index (κ3) is 3.77. The summed E-state index contributed by atoms with van der Waals surface area (Å²) in [7, 11) is 0. The van der Waals surface area contributed by atoms with Crippen LogP contribution in [-0.2, 0) is 6.42 Å². The molecule has 1 aromatic heterocycles. The van der Waals surface area contributed by atoms with Gasteiger partial charge in [-0.25, -0.2) is 4.39 Å². The smallest absolute Gasteiger partial charge is 0.252 e. The van der Waals surface area contributed by atoms with Crippen molar-refractivity contribution in [2.45, 2.75) is 6.42 Å². The minimum Gasteiger partial charge on any atom is -0.352 e. The molecule has 1 heterocycles. The van der Waals surface area contributed by atoms with E-state index in [1.807, 2.05) is 6.07 Å². The van der Waals surface area contributed by atoms with Gasteiger partial charge in [-0.1, -0.05) is 23.7 Å². The van der Waals surface area contributed by atoms with Crippen LogP contribution in [0.4, 0.5) is 4.39 Å². The van der Waals surface area contributed by atoms with Crippen LogP contribution in [0.3, 0.4) is 0 Å². The van der Waals surface area contributed by atoms with Gasteiger partial charge in [0.25, 0.3) is 5.91 Å². The molecule has 1 N–H and O–H groups in total. The Morgan fingerprint density at radius 2 is 2.15 bits per heavy atom. The van der Waals surface area contributed by atoms with Gasteiger partial charge in [-0.2, -0.15) is 0 Å². The molecule has 0 fully saturated rings. The fourth-order valence-electron chi connectivity index (χ4n) is 1.66. The highest BCUT2D eigenvalue weighted by molar-refractivity contribution is 9.10. The SMILES string of the molecule is O=C(NCCc1ncc(Cl)cc1F)c1ccccc1Br. The fraction of sp³-hybridized carbons (Fsp3) is 0.143. The summed E-state index contributed by atoms with van der Waals surface area (Å²) in [5.41, 5.74) is 0.818. The first kappa shape index (κ1) is 14.9. The van der Waals surface area contributed by atoms with Crippen LogP contribution in [0.5, 0.6) is 0 Å². The molecule has 1 aromatic carbocycles. The Morgan fingerprint density at radius 1 is 1.40 bits per heavy atom. The van der Waals surface area contributed by atoms with E-state index in [1.165, 1.54) is 12.3 Å². The molecule has 0 unspecified atom stereocenters. The highest BCUT2D eigenvalue weighted by Crippen LogP contribution is 2.15. The van der Waals surface area contributed by atoms with E-state index in [1.54, 1.807) is 18.2 Å². The summed E-state index contributed by atoms with van der Waals surface area (Å²) in [6, 6.07) is 8.31. The van der Waals surface area contributed by atoms with Crippen LogP contribution in [-0.4, -0.2) is 17.4 Å². The number of carbonyl (C=O) groups is 1. The molecular formula is C14H11BrClFN2O. The van der Waals surface area contributed by atoms with Crippen LogP contribution in [0.2, 0.25) is 5.02 Å². The number of nitrogens with zero attached hydrogens (tertiary/aromatic N) is 1. The molecule has 0 radical (unpaired) electrons. The normalized spacial score (nSPS) is 10.3. The average molecular weight is 358 g/mol. The Morgan fingerprint density at radius 3 is 2.85 bits per heavy atom. The lowest BCUT2D eigenvalue weighted by atomic mass is 10.2. The minimum atomic E-state index is -0.465. The van der Waals surface area contributed by atoms with Crippen molar-refractivity contribution in [1.82, 2.24) is 10.3 Å². The molecular weight excluding hydrogens is 347 g/mol. The lowest BCUT2D eigenvalue weighted by molar-refractivity contribution is 0.0953. The molecule has 0 aliphatic heterocycles. The molecule has 0 saturated heterocycles. The topological polar surface area (TPSA) is 42.0 Å². The van der Waals surface area contributed by atoms with Crippen LogP contribution in [0, 0.1) is 5.82 Å². The van der Waals surface area contributed by atoms with Gasteiger partial charge in [-0.15, -0.1) is 0 Å². The first-order valence-corrected chi connectivity index (χ1v) is 7.07. The van der Waals surface area contributed by atoms with Gasteiger partial charge in [0.2, 0.25) is 0 Å². The molecule has 0 aliphatic carbocycles. The molecule has 0 aliphatic rings. The lowest BCUT2D eigenvalue weighted by Gasteiger charge is -2.07. The maximum Gasteiger partial charge on any atom is 0.252 e. The Kier molecular flexibility index (Phi) is 5.09. The van der Waals surface area contributed by atoms with E-state index < -0.39 is 5.82 Å². The third-order valence-corrected chi connectivity index (χ3v) is 3.55. The predicted molar refractivity (Wildman–Crippen MR) is 79.4 cm³/mol. The van der Waals surface area contributed by atoms with E-state index in [9.17, 15) is 9.18 Å². The summed E-state index contributed by atoms with van der Waals surface area (Å²) in [6.07, 6.45) is 1.69. The molecule has 104 valence electrons. The molecule has 3 nitrogen and oxygen atoms in total. The molecule has 2 aromatic rings. The zero-order chi connectivity index (χ0) is 14.5. The maximum absolute atomic E-state index is 13.5. The van der Waals surface area contributed by atoms with Crippen LogP contribution < -0.4 is 5.32 Å². The number of hydrogen-bond donors (Lipinski definition) is 1. The summed E-state index contributed by atoms with van der Waals surface area (Å²) in [5, 5.41) is 2.97. The van der Waals surface area contributed by atoms with E-state index in [2.05, 4.69) is 26.2 Å². The lowest BCUT2D eigenvalue weighted by Crippen LogP contribution is -2.26. The van der Waals surface area contributed by atoms with Crippen molar-refractivity contribution in [3.8, 4) is 0 Å². The van der Waals surface area contributed by atoms with Crippen LogP contribution >= 0.6 is 27.5 Å². The maximum atomic E-state index is 13.5. The number of benzene rings is 1. The van der Waals surface area contributed by atoms with Gasteiger partial charge in [0, 0.05) is 23.6 Å². The summed E-state index contributed by atoms with van der Waals surface area (Å²) < 4.78 is 14.2. The zero-order valence-electron chi connectivity index (χ0n) is 10.4. The van der Waals surface area contributed by atoms with E-state index in [0.717, 1.165) is 0 Å². The van der Waals surface area contributed by atoms with E-state index in [0.29, 0.717) is 23.0 Å². The predicted octanol–water partition coefficient (Wildman–Crippen LogP) is 3.61. The number of carbonyl (C=O) groups excluding carboxylic acids is 1. The van der Waals surface area contributed by atoms with Crippen LogP contribution in [0.1, 0.15) is 16.1 Å². The largest absolute Gasteiger partial charge is 0.352 e. The molecule has 0 saturated carbocycles. The second-order valence-corrected chi connectivity index (χ2v) is 5.36. The van der Waals surface area contributed by atoms with E-state index in [4.69, 9.17) is 11.6 Å². The van der Waals surface area contributed by atoms with Crippen molar-refractivity contribution in [3.05, 3.63) is 63.1 Å². The van der Waals surface area contributed by atoms with Gasteiger partial charge in [0.15, 0.2) is 0 Å². The fourth-order valence-corrected chi connectivity index (χ4v) is 2.27. The highest BCUT2D eigenvalue weighted by Gasteiger charge is 2.09. The highest BCUT2D eigenvalue weighted by atomic mass is 79.9. The molecule has 0 atom stereocenters. The molecule has 6 heteroatoms. The van der Waals surface area contributed by atoms with Gasteiger partial charge >= 0.3 is 0 Å². The number of aromatic nitrogens is 1. The number of amides is 1. The first-order chi connectivity index (χ1) is 9.58. The molecule has 1 amide bonds. The van der Waals surface area contributed by atoms with Crippen LogP contribution in [0.25, 0.3) is 0 Å². The van der Waals surface area contributed by atoms with Crippen molar-refractivity contribution in [3.63, 3.8) is 0 Å². The quantitative estimate of drug-likeness (QED) is 0.908. The zero-order valence-corrected chi connectivity index (χ0v) is 12.7. The third-order valence-electron chi connectivity index (χ3n) is 2.65. The first-order valence-electron chi connectivity index (χ1n) is 5.90. The number of rotatable bonds is 4. The number of halogens is 3. The Labute approximate surface area is 129 Å². The number of pyridine rings is 1.